The molecule has 1 atom stereocenters. The highest BCUT2D eigenvalue weighted by atomic mass is 32.2. The van der Waals surface area contributed by atoms with Crippen LogP contribution < -0.4 is 0 Å². The lowest BCUT2D eigenvalue weighted by atomic mass is 9.98. The van der Waals surface area contributed by atoms with E-state index >= 15 is 0 Å². The fraction of sp³-hybridized carbons (Fsp3) is 0.200. The highest BCUT2D eigenvalue weighted by Gasteiger charge is 2.63. The molecule has 0 aromatic heterocycles. The van der Waals surface area contributed by atoms with Crippen LogP contribution in [0.5, 0.6) is 0 Å². The van der Waals surface area contributed by atoms with Gasteiger partial charge < -0.3 is 9.84 Å². The van der Waals surface area contributed by atoms with Gasteiger partial charge in [-0.15, -0.1) is 0 Å². The molecule has 1 N–H and O–H groups in total. The Labute approximate surface area is 177 Å². The molecule has 1 amide bonds. The van der Waals surface area contributed by atoms with E-state index in [1.165, 1.54) is 0 Å². The van der Waals surface area contributed by atoms with E-state index in [1.54, 1.807) is 24.3 Å². The number of alkyl halides is 3. The van der Waals surface area contributed by atoms with E-state index in [1.807, 2.05) is 18.2 Å². The van der Waals surface area contributed by atoms with Gasteiger partial charge in [0.2, 0.25) is 0 Å². The molecule has 0 radical (unpaired) electrons. The van der Waals surface area contributed by atoms with E-state index in [9.17, 15) is 27.9 Å². The van der Waals surface area contributed by atoms with E-state index in [0.717, 1.165) is 24.0 Å². The van der Waals surface area contributed by atoms with Crippen LogP contribution >= 0.6 is 11.8 Å². The molecule has 7 nitrogen and oxygen atoms in total. The lowest BCUT2D eigenvalue weighted by Crippen LogP contribution is -2.56. The lowest BCUT2D eigenvalue weighted by Gasteiger charge is -2.33. The normalized spacial score (nSPS) is 22.8. The van der Waals surface area contributed by atoms with Crippen LogP contribution in [0.3, 0.4) is 0 Å². The van der Waals surface area contributed by atoms with Crippen molar-refractivity contribution < 1.29 is 32.6 Å². The van der Waals surface area contributed by atoms with Gasteiger partial charge in [0.05, 0.1) is 24.1 Å². The molecule has 4 rings (SSSR count). The minimum absolute atomic E-state index is 0.0216. The first-order valence-corrected chi connectivity index (χ1v) is 9.70. The van der Waals surface area contributed by atoms with Gasteiger partial charge in [-0.05, 0) is 34.2 Å². The molecule has 2 aromatic carbocycles. The van der Waals surface area contributed by atoms with Crippen molar-refractivity contribution in [1.82, 2.24) is 5.01 Å². The molecule has 2 aliphatic heterocycles. The molecule has 31 heavy (non-hydrogen) atoms. The molecule has 11 heteroatoms. The van der Waals surface area contributed by atoms with Crippen molar-refractivity contribution in [3.05, 3.63) is 59.0 Å². The Kier molecular flexibility index (Phi) is 5.10. The number of ether oxygens (including phenoxy) is 1. The Balaban J connectivity index is 1.74. The van der Waals surface area contributed by atoms with Crippen LogP contribution in [0.15, 0.2) is 63.5 Å². The lowest BCUT2D eigenvalue weighted by molar-refractivity contribution is -0.294. The number of rotatable bonds is 2. The first-order valence-electron chi connectivity index (χ1n) is 8.89. The van der Waals surface area contributed by atoms with Crippen LogP contribution in [0.4, 0.5) is 13.2 Å². The number of nitrogens with zero attached hydrogens (tertiary/aromatic N) is 3. The molecular formula is C20H14F3N3O4S. The second-order valence-corrected chi connectivity index (χ2v) is 7.75. The first-order chi connectivity index (χ1) is 14.6. The summed E-state index contributed by atoms with van der Waals surface area (Å²) in [5.41, 5.74) is -3.03. The van der Waals surface area contributed by atoms with Gasteiger partial charge in [0, 0.05) is 6.08 Å². The largest absolute Gasteiger partial charge is 0.466 e. The smallest absolute Gasteiger partial charge is 0.438 e. The van der Waals surface area contributed by atoms with Gasteiger partial charge in [-0.25, -0.2) is 4.79 Å². The Hall–Kier alpha value is -3.18. The van der Waals surface area contributed by atoms with Gasteiger partial charge in [-0.1, -0.05) is 36.4 Å². The van der Waals surface area contributed by atoms with Crippen molar-refractivity contribution in [2.75, 3.05) is 7.11 Å². The van der Waals surface area contributed by atoms with Crippen LogP contribution in [0, 0.1) is 0 Å². The fourth-order valence-corrected chi connectivity index (χ4v) is 4.04. The summed E-state index contributed by atoms with van der Waals surface area (Å²) < 4.78 is 46.0. The molecule has 0 aliphatic carbocycles. The maximum absolute atomic E-state index is 13.8. The summed E-state index contributed by atoms with van der Waals surface area (Å²) >= 11 is 0.497. The van der Waals surface area contributed by atoms with Gasteiger partial charge in [0.1, 0.15) is 0 Å². The van der Waals surface area contributed by atoms with Gasteiger partial charge in [0.25, 0.3) is 11.6 Å². The van der Waals surface area contributed by atoms with Gasteiger partial charge >= 0.3 is 12.1 Å². The van der Waals surface area contributed by atoms with Gasteiger partial charge in [-0.2, -0.15) is 28.3 Å². The molecule has 0 saturated carbocycles. The molecule has 0 spiro atoms. The zero-order valence-corrected chi connectivity index (χ0v) is 16.7. The molecule has 0 unspecified atom stereocenters. The Morgan fingerprint density at radius 3 is 2.65 bits per heavy atom. The summed E-state index contributed by atoms with van der Waals surface area (Å²) in [5, 5.41) is 16.0. The number of carbonyl (C=O) groups excluding carboxylic acids is 2. The zero-order valence-electron chi connectivity index (χ0n) is 15.9. The predicted molar refractivity (Wildman–Crippen MR) is 108 cm³/mol. The number of benzene rings is 2. The number of hydrogen-bond acceptors (Lipinski definition) is 7. The van der Waals surface area contributed by atoms with E-state index < -0.39 is 35.4 Å². The second-order valence-electron chi connectivity index (χ2n) is 6.74. The fourth-order valence-electron chi connectivity index (χ4n) is 3.15. The Morgan fingerprint density at radius 1 is 1.26 bits per heavy atom. The molecule has 2 aromatic rings. The van der Waals surface area contributed by atoms with Crippen LogP contribution in [0.25, 0.3) is 10.8 Å². The number of halogens is 3. The summed E-state index contributed by atoms with van der Waals surface area (Å²) in [6, 6.07) is 12.3. The number of hydrogen-bond donors (Lipinski definition) is 1. The topological polar surface area (TPSA) is 91.6 Å². The standard InChI is InChI=1S/C20H14F3N3O4S/c1-30-16(27)9-15-17(28)24-18(31-15)26-19(29,20(21,22)23)10-14(25-26)13-7-6-11-4-2-3-5-12(11)8-13/h2-9,29H,10H2,1H3/b15-9+/t19-/m0/s1. The third kappa shape index (κ3) is 3.70. The SMILES string of the molecule is COC(=O)/C=C1/SC(N2N=C(c3ccc4ccccc4c3)C[C@]2(O)C(F)(F)F)=NC1=O. The minimum Gasteiger partial charge on any atom is -0.466 e. The van der Waals surface area contributed by atoms with Gasteiger partial charge in [0.15, 0.2) is 5.17 Å². The number of amidine groups is 1. The summed E-state index contributed by atoms with van der Waals surface area (Å²) in [4.78, 5) is 26.7. The van der Waals surface area contributed by atoms with E-state index in [2.05, 4.69) is 14.8 Å². The van der Waals surface area contributed by atoms with E-state index in [0.29, 0.717) is 17.3 Å². The number of amides is 1. The summed E-state index contributed by atoms with van der Waals surface area (Å²) in [5.74, 6) is -1.79. The molecule has 2 heterocycles. The number of thioether (sulfide) groups is 1. The monoisotopic (exact) mass is 449 g/mol. The average Bonchev–Trinajstić information content (AvgIpc) is 3.28. The van der Waals surface area contributed by atoms with Crippen molar-refractivity contribution in [2.24, 2.45) is 10.1 Å². The minimum atomic E-state index is -5.10. The number of carbonyl (C=O) groups is 2. The van der Waals surface area contributed by atoms with Crippen LogP contribution in [0.2, 0.25) is 0 Å². The number of esters is 1. The molecule has 0 bridgehead atoms. The van der Waals surface area contributed by atoms with Crippen LogP contribution in [-0.4, -0.2) is 51.9 Å². The average molecular weight is 449 g/mol. The zero-order chi connectivity index (χ0) is 22.4. The number of aliphatic imine (C=N–C) groups is 1. The van der Waals surface area contributed by atoms with Crippen molar-refractivity contribution in [1.29, 1.82) is 0 Å². The molecule has 160 valence electrons. The quantitative estimate of drug-likeness (QED) is 0.559. The number of fused-ring (bicyclic) bond motifs is 1. The summed E-state index contributed by atoms with van der Waals surface area (Å²) in [6.07, 6.45) is -5.14. The highest BCUT2D eigenvalue weighted by molar-refractivity contribution is 8.18. The van der Waals surface area contributed by atoms with Crippen LogP contribution in [-0.2, 0) is 14.3 Å². The molecule has 2 aliphatic rings. The summed E-state index contributed by atoms with van der Waals surface area (Å²) in [6.45, 7) is 0. The number of methoxy groups -OCH3 is 1. The predicted octanol–water partition coefficient (Wildman–Crippen LogP) is 3.19. The Morgan fingerprint density at radius 2 is 1.97 bits per heavy atom. The Bertz CT molecular complexity index is 1190. The van der Waals surface area contributed by atoms with Crippen molar-refractivity contribution in [3.63, 3.8) is 0 Å². The number of hydrazone groups is 1. The molecule has 0 saturated heterocycles. The molecule has 0 fully saturated rings. The third-order valence-corrected chi connectivity index (χ3v) is 5.72. The first kappa shape index (κ1) is 21.1. The van der Waals surface area contributed by atoms with Crippen molar-refractivity contribution in [3.8, 4) is 0 Å². The van der Waals surface area contributed by atoms with Crippen LogP contribution in [0.1, 0.15) is 12.0 Å². The number of aliphatic hydroxyl groups is 1. The van der Waals surface area contributed by atoms with Crippen molar-refractivity contribution >= 4 is 45.3 Å². The molecular weight excluding hydrogens is 435 g/mol. The van der Waals surface area contributed by atoms with E-state index in [-0.39, 0.29) is 15.6 Å². The second kappa shape index (κ2) is 7.50. The van der Waals surface area contributed by atoms with Gasteiger partial charge in [-0.3, -0.25) is 4.79 Å². The van der Waals surface area contributed by atoms with E-state index in [4.69, 9.17) is 0 Å². The maximum atomic E-state index is 13.8. The third-order valence-electron chi connectivity index (χ3n) is 4.76. The highest BCUT2D eigenvalue weighted by Crippen LogP contribution is 2.44. The maximum Gasteiger partial charge on any atom is 0.438 e. The summed E-state index contributed by atoms with van der Waals surface area (Å²) in [7, 11) is 1.09. The van der Waals surface area contributed by atoms with Crippen molar-refractivity contribution in [2.45, 2.75) is 18.3 Å².